The first-order chi connectivity index (χ1) is 14.8. The van der Waals surface area contributed by atoms with Crippen molar-refractivity contribution in [3.63, 3.8) is 0 Å². The summed E-state index contributed by atoms with van der Waals surface area (Å²) < 4.78 is 44.7. The second-order valence-corrected chi connectivity index (χ2v) is 9.03. The molecule has 1 N–H and O–H groups in total. The summed E-state index contributed by atoms with van der Waals surface area (Å²) in [5.74, 6) is -1.84. The van der Waals surface area contributed by atoms with Crippen LogP contribution in [-0.4, -0.2) is 34.5 Å². The molecule has 0 saturated heterocycles. The minimum absolute atomic E-state index is 0.0727. The molecule has 1 heterocycles. The van der Waals surface area contributed by atoms with Crippen molar-refractivity contribution in [1.82, 2.24) is 4.90 Å². The minimum atomic E-state index is -4.95. The van der Waals surface area contributed by atoms with E-state index in [0.29, 0.717) is 27.6 Å². The number of anilines is 1. The first-order valence-electron chi connectivity index (χ1n) is 10.1. The van der Waals surface area contributed by atoms with Crippen LogP contribution in [0, 0.1) is 0 Å². The lowest BCUT2D eigenvalue weighted by molar-refractivity contribution is -0.192. The van der Waals surface area contributed by atoms with E-state index in [2.05, 4.69) is 5.32 Å². The normalized spacial score (nSPS) is 15.3. The fourth-order valence-corrected chi connectivity index (χ4v) is 3.89. The molecule has 3 rings (SSSR count). The lowest BCUT2D eigenvalue weighted by Gasteiger charge is -2.43. The molecule has 5 nitrogen and oxygen atoms in total. The second-order valence-electron chi connectivity index (χ2n) is 8.63. The van der Waals surface area contributed by atoms with Crippen LogP contribution < -0.4 is 10.1 Å². The maximum Gasteiger partial charge on any atom is 0.471 e. The molecular weight excluding hydrogens is 445 g/mol. The Morgan fingerprint density at radius 1 is 1.12 bits per heavy atom. The third-order valence-corrected chi connectivity index (χ3v) is 5.49. The van der Waals surface area contributed by atoms with Gasteiger partial charge in [0.1, 0.15) is 5.75 Å². The summed E-state index contributed by atoms with van der Waals surface area (Å²) >= 11 is 6.19. The van der Waals surface area contributed by atoms with Gasteiger partial charge in [-0.25, -0.2) is 0 Å². The fourth-order valence-electron chi connectivity index (χ4n) is 3.66. The molecule has 2 aromatic carbocycles. The van der Waals surface area contributed by atoms with Gasteiger partial charge >= 0.3 is 12.1 Å². The molecular formula is C23H24ClF3N2O3. The van der Waals surface area contributed by atoms with E-state index in [1.807, 2.05) is 13.8 Å². The van der Waals surface area contributed by atoms with Gasteiger partial charge in [-0.15, -0.1) is 0 Å². The Morgan fingerprint density at radius 3 is 2.41 bits per heavy atom. The van der Waals surface area contributed by atoms with Crippen molar-refractivity contribution in [2.75, 3.05) is 5.32 Å². The van der Waals surface area contributed by atoms with Crippen molar-refractivity contribution in [2.24, 2.45) is 0 Å². The number of nitrogens with zero attached hydrogens (tertiary/aromatic N) is 1. The van der Waals surface area contributed by atoms with E-state index in [9.17, 15) is 22.8 Å². The van der Waals surface area contributed by atoms with Crippen LogP contribution in [0.1, 0.15) is 49.2 Å². The Bertz CT molecular complexity index is 1050. The monoisotopic (exact) mass is 468 g/mol. The third-order valence-electron chi connectivity index (χ3n) is 5.19. The van der Waals surface area contributed by atoms with Gasteiger partial charge in [0.15, 0.2) is 0 Å². The van der Waals surface area contributed by atoms with Gasteiger partial charge in [0.05, 0.1) is 11.1 Å². The van der Waals surface area contributed by atoms with Gasteiger partial charge in [-0.3, -0.25) is 9.59 Å². The van der Waals surface area contributed by atoms with Crippen LogP contribution >= 0.6 is 11.6 Å². The molecule has 2 aromatic rings. The highest BCUT2D eigenvalue weighted by Gasteiger charge is 2.48. The van der Waals surface area contributed by atoms with Crippen LogP contribution in [0.4, 0.5) is 18.9 Å². The van der Waals surface area contributed by atoms with Crippen LogP contribution in [0.15, 0.2) is 36.4 Å². The van der Waals surface area contributed by atoms with Crippen LogP contribution in [0.5, 0.6) is 5.75 Å². The number of carbonyl (C=O) groups is 2. The molecule has 32 heavy (non-hydrogen) atoms. The molecule has 0 fully saturated rings. The van der Waals surface area contributed by atoms with Gasteiger partial charge in [0.2, 0.25) is 0 Å². The summed E-state index contributed by atoms with van der Waals surface area (Å²) in [6.07, 6.45) is -4.76. The predicted octanol–water partition coefficient (Wildman–Crippen LogP) is 5.61. The number of alkyl halides is 3. The zero-order valence-corrected chi connectivity index (χ0v) is 18.9. The molecule has 1 aliphatic heterocycles. The zero-order valence-electron chi connectivity index (χ0n) is 18.1. The average molecular weight is 469 g/mol. The van der Waals surface area contributed by atoms with Crippen molar-refractivity contribution in [3.8, 4) is 5.75 Å². The lowest BCUT2D eigenvalue weighted by atomic mass is 9.85. The highest BCUT2D eigenvalue weighted by molar-refractivity contribution is 6.32. The molecule has 1 aliphatic rings. The van der Waals surface area contributed by atoms with E-state index in [-0.39, 0.29) is 19.1 Å². The number of rotatable bonds is 4. The second kappa shape index (κ2) is 8.65. The summed E-state index contributed by atoms with van der Waals surface area (Å²) in [5, 5.41) is 3.02. The van der Waals surface area contributed by atoms with Crippen molar-refractivity contribution in [2.45, 2.75) is 58.5 Å². The molecule has 0 radical (unpaired) electrons. The summed E-state index contributed by atoms with van der Waals surface area (Å²) in [6.45, 7) is 6.73. The Labute approximate surface area is 189 Å². The zero-order chi connectivity index (χ0) is 23.8. The first-order valence-corrected chi connectivity index (χ1v) is 10.4. The van der Waals surface area contributed by atoms with Gasteiger partial charge in [-0.1, -0.05) is 17.7 Å². The number of nitrogens with one attached hydrogen (secondary N) is 1. The molecule has 0 atom stereocenters. The summed E-state index contributed by atoms with van der Waals surface area (Å²) in [4.78, 5) is 25.4. The largest absolute Gasteiger partial charge is 0.489 e. The Balaban J connectivity index is 1.80. The van der Waals surface area contributed by atoms with E-state index in [4.69, 9.17) is 16.3 Å². The standard InChI is InChI=1S/C23H24ClF3N2O3/c1-13(2)32-19-8-6-14(10-18(19)24)20(30)28-17-7-5-15-11-22(3,4)29(12-16(15)9-17)21(31)23(25,26)27/h5-10,13H,11-12H2,1-4H3,(H,28,30). The third kappa shape index (κ3) is 5.18. The Morgan fingerprint density at radius 2 is 1.81 bits per heavy atom. The maximum absolute atomic E-state index is 13.1. The molecule has 9 heteroatoms. The minimum Gasteiger partial charge on any atom is -0.489 e. The molecule has 0 saturated carbocycles. The van der Waals surface area contributed by atoms with E-state index >= 15 is 0 Å². The van der Waals surface area contributed by atoms with Crippen LogP contribution in [0.2, 0.25) is 5.02 Å². The first kappa shape index (κ1) is 23.9. The summed E-state index contributed by atoms with van der Waals surface area (Å²) in [7, 11) is 0. The average Bonchev–Trinajstić information content (AvgIpc) is 2.67. The highest BCUT2D eigenvalue weighted by atomic mass is 35.5. The molecule has 2 amide bonds. The molecule has 0 aliphatic carbocycles. The van der Waals surface area contributed by atoms with E-state index < -0.39 is 23.5 Å². The van der Waals surface area contributed by atoms with Crippen molar-refractivity contribution >= 4 is 29.1 Å². The highest BCUT2D eigenvalue weighted by Crippen LogP contribution is 2.35. The number of hydrogen-bond acceptors (Lipinski definition) is 3. The van der Waals surface area contributed by atoms with Crippen molar-refractivity contribution in [3.05, 3.63) is 58.1 Å². The number of halogens is 4. The quantitative estimate of drug-likeness (QED) is 0.635. The number of amides is 2. The molecule has 0 spiro atoms. The van der Waals surface area contributed by atoms with Crippen molar-refractivity contribution < 1.29 is 27.5 Å². The van der Waals surface area contributed by atoms with Crippen LogP contribution in [0.25, 0.3) is 0 Å². The number of carbonyl (C=O) groups excluding carboxylic acids is 2. The molecule has 0 aromatic heterocycles. The topological polar surface area (TPSA) is 58.6 Å². The fraction of sp³-hybridized carbons (Fsp3) is 0.391. The number of benzene rings is 2. The Kier molecular flexibility index (Phi) is 6.47. The van der Waals surface area contributed by atoms with E-state index in [0.717, 1.165) is 10.5 Å². The van der Waals surface area contributed by atoms with Crippen LogP contribution in [-0.2, 0) is 17.8 Å². The van der Waals surface area contributed by atoms with Gasteiger partial charge in [0, 0.05) is 23.3 Å². The molecule has 0 bridgehead atoms. The molecule has 0 unspecified atom stereocenters. The summed E-state index contributed by atoms with van der Waals surface area (Å²) in [5.41, 5.74) is 1.11. The summed E-state index contributed by atoms with van der Waals surface area (Å²) in [6, 6.07) is 9.70. The van der Waals surface area contributed by atoms with Crippen LogP contribution in [0.3, 0.4) is 0 Å². The van der Waals surface area contributed by atoms with Crippen molar-refractivity contribution in [1.29, 1.82) is 0 Å². The smallest absolute Gasteiger partial charge is 0.471 e. The van der Waals surface area contributed by atoms with Gasteiger partial charge < -0.3 is 15.0 Å². The van der Waals surface area contributed by atoms with E-state index in [1.165, 1.54) is 6.07 Å². The van der Waals surface area contributed by atoms with Gasteiger partial charge in [-0.2, -0.15) is 13.2 Å². The lowest BCUT2D eigenvalue weighted by Crippen LogP contribution is -2.55. The Hall–Kier alpha value is -2.74. The predicted molar refractivity (Wildman–Crippen MR) is 116 cm³/mol. The van der Waals surface area contributed by atoms with E-state index in [1.54, 1.807) is 44.2 Å². The van der Waals surface area contributed by atoms with Gasteiger partial charge in [0.25, 0.3) is 5.91 Å². The number of fused-ring (bicyclic) bond motifs is 1. The number of ether oxygens (including phenoxy) is 1. The maximum atomic E-state index is 13.1. The molecule has 172 valence electrons. The SMILES string of the molecule is CC(C)Oc1ccc(C(=O)Nc2ccc3c(c2)CN(C(=O)C(F)(F)F)C(C)(C)C3)cc1Cl. The van der Waals surface area contributed by atoms with Gasteiger partial charge in [-0.05, 0) is 75.6 Å². The number of hydrogen-bond donors (Lipinski definition) is 1.